The van der Waals surface area contributed by atoms with Crippen molar-refractivity contribution in [1.82, 2.24) is 29.9 Å². The van der Waals surface area contributed by atoms with E-state index in [0.29, 0.717) is 37.5 Å². The van der Waals surface area contributed by atoms with Gasteiger partial charge in [0.25, 0.3) is 5.56 Å². The highest BCUT2D eigenvalue weighted by atomic mass is 35.5. The molecule has 4 aromatic rings. The highest BCUT2D eigenvalue weighted by Gasteiger charge is 2.16. The second-order valence-corrected chi connectivity index (χ2v) is 7.24. The molecule has 0 saturated carbocycles. The van der Waals surface area contributed by atoms with Crippen LogP contribution in [0.15, 0.2) is 52.4 Å². The van der Waals surface area contributed by atoms with Gasteiger partial charge in [0.1, 0.15) is 5.52 Å². The molecule has 0 atom stereocenters. The van der Waals surface area contributed by atoms with Gasteiger partial charge in [-0.15, -0.1) is 15.3 Å². The molecule has 0 saturated heterocycles. The van der Waals surface area contributed by atoms with Crippen molar-refractivity contribution in [2.75, 3.05) is 5.84 Å². The van der Waals surface area contributed by atoms with E-state index in [0.717, 1.165) is 0 Å². The van der Waals surface area contributed by atoms with Crippen LogP contribution in [-0.2, 0) is 5.88 Å². The van der Waals surface area contributed by atoms with Crippen LogP contribution in [0.1, 0.15) is 0 Å². The second kappa shape index (κ2) is 7.18. The number of benzene rings is 2. The Hall–Kier alpha value is -2.62. The molecule has 2 aromatic heterocycles. The maximum atomic E-state index is 12.5. The minimum Gasteiger partial charge on any atom is -0.335 e. The van der Waals surface area contributed by atoms with Crippen LogP contribution in [0.4, 0.5) is 0 Å². The van der Waals surface area contributed by atoms with Gasteiger partial charge in [0.2, 0.25) is 5.16 Å². The van der Waals surface area contributed by atoms with Gasteiger partial charge in [-0.2, -0.15) is 4.68 Å². The first kappa shape index (κ1) is 17.8. The SMILES string of the molecule is Nn1c(SCn2nnc3ccccc3c2=O)nnc1-c1cc(Cl)ccc1Cl. The van der Waals surface area contributed by atoms with Crippen molar-refractivity contribution in [3.05, 3.63) is 62.9 Å². The zero-order valence-corrected chi connectivity index (χ0v) is 15.9. The van der Waals surface area contributed by atoms with Crippen LogP contribution in [0.2, 0.25) is 10.0 Å². The molecule has 0 fully saturated rings. The molecule has 0 aliphatic heterocycles. The van der Waals surface area contributed by atoms with Crippen molar-refractivity contribution in [2.45, 2.75) is 11.0 Å². The predicted octanol–water partition coefficient (Wildman–Crippen LogP) is 2.82. The summed E-state index contributed by atoms with van der Waals surface area (Å²) in [5, 5.41) is 18.0. The molecule has 4 rings (SSSR count). The Morgan fingerprint density at radius 1 is 1.07 bits per heavy atom. The lowest BCUT2D eigenvalue weighted by atomic mass is 10.2. The fourth-order valence-corrected chi connectivity index (χ4v) is 3.56. The average Bonchev–Trinajstić information content (AvgIpc) is 3.04. The number of aromatic nitrogens is 6. The number of rotatable bonds is 4. The molecule has 2 N–H and O–H groups in total. The Labute approximate surface area is 166 Å². The second-order valence-electron chi connectivity index (χ2n) is 5.49. The van der Waals surface area contributed by atoms with Gasteiger partial charge < -0.3 is 5.84 Å². The molecule has 2 aromatic carbocycles. The Morgan fingerprint density at radius 3 is 2.74 bits per heavy atom. The third-order valence-electron chi connectivity index (χ3n) is 3.78. The molecule has 0 radical (unpaired) electrons. The first-order chi connectivity index (χ1) is 13.0. The smallest absolute Gasteiger partial charge is 0.278 e. The number of fused-ring (bicyclic) bond motifs is 1. The van der Waals surface area contributed by atoms with E-state index in [1.165, 1.54) is 21.1 Å². The van der Waals surface area contributed by atoms with E-state index in [9.17, 15) is 4.79 Å². The van der Waals surface area contributed by atoms with Gasteiger partial charge in [-0.05, 0) is 30.3 Å². The van der Waals surface area contributed by atoms with Crippen LogP contribution in [0.5, 0.6) is 0 Å². The van der Waals surface area contributed by atoms with Crippen LogP contribution >= 0.6 is 35.0 Å². The molecule has 0 unspecified atom stereocenters. The van der Waals surface area contributed by atoms with E-state index in [4.69, 9.17) is 29.0 Å². The van der Waals surface area contributed by atoms with Gasteiger partial charge >= 0.3 is 0 Å². The molecule has 2 heterocycles. The molecule has 8 nitrogen and oxygen atoms in total. The highest BCUT2D eigenvalue weighted by molar-refractivity contribution is 7.98. The first-order valence-corrected chi connectivity index (χ1v) is 9.40. The summed E-state index contributed by atoms with van der Waals surface area (Å²) in [7, 11) is 0. The number of nitrogens with zero attached hydrogens (tertiary/aromatic N) is 6. The standard InChI is InChI=1S/C16H11Cl2N7OS/c17-9-5-6-12(18)11(7-9)14-21-22-16(25(14)19)27-8-24-15(26)10-3-1-2-4-13(10)20-23-24/h1-7H,8,19H2. The normalized spacial score (nSPS) is 11.2. The van der Waals surface area contributed by atoms with Gasteiger partial charge in [0.05, 0.1) is 16.3 Å². The van der Waals surface area contributed by atoms with Gasteiger partial charge in [-0.25, -0.2) is 4.68 Å². The van der Waals surface area contributed by atoms with Crippen molar-refractivity contribution >= 4 is 45.9 Å². The number of thioether (sulfide) groups is 1. The van der Waals surface area contributed by atoms with Gasteiger partial charge in [0.15, 0.2) is 5.82 Å². The zero-order valence-electron chi connectivity index (χ0n) is 13.6. The van der Waals surface area contributed by atoms with Crippen LogP contribution in [0, 0.1) is 0 Å². The van der Waals surface area contributed by atoms with Crippen molar-refractivity contribution in [3.8, 4) is 11.4 Å². The first-order valence-electron chi connectivity index (χ1n) is 7.66. The number of halogens is 2. The fraction of sp³-hybridized carbons (Fsp3) is 0.0625. The minimum absolute atomic E-state index is 0.176. The van der Waals surface area contributed by atoms with E-state index < -0.39 is 0 Å². The van der Waals surface area contributed by atoms with Crippen LogP contribution < -0.4 is 11.4 Å². The van der Waals surface area contributed by atoms with Crippen molar-refractivity contribution < 1.29 is 0 Å². The lowest BCUT2D eigenvalue weighted by Crippen LogP contribution is -2.23. The van der Waals surface area contributed by atoms with Gasteiger partial charge in [0, 0.05) is 10.6 Å². The number of nitrogen functional groups attached to an aromatic ring is 1. The summed E-state index contributed by atoms with van der Waals surface area (Å²) >= 11 is 13.4. The highest BCUT2D eigenvalue weighted by Crippen LogP contribution is 2.30. The van der Waals surface area contributed by atoms with Crippen molar-refractivity contribution in [3.63, 3.8) is 0 Å². The van der Waals surface area contributed by atoms with Crippen LogP contribution in [0.25, 0.3) is 22.3 Å². The topological polar surface area (TPSA) is 105 Å². The number of hydrogen-bond acceptors (Lipinski definition) is 7. The molecular formula is C16H11Cl2N7OS. The molecule has 0 aliphatic rings. The Bertz CT molecular complexity index is 1210. The molecular weight excluding hydrogens is 409 g/mol. The monoisotopic (exact) mass is 419 g/mol. The summed E-state index contributed by atoms with van der Waals surface area (Å²) in [6, 6.07) is 12.0. The summed E-state index contributed by atoms with van der Waals surface area (Å²) < 4.78 is 2.54. The summed E-state index contributed by atoms with van der Waals surface area (Å²) in [5.41, 5.74) is 0.867. The third-order valence-corrected chi connectivity index (χ3v) is 5.25. The molecule has 136 valence electrons. The molecule has 0 aliphatic carbocycles. The fourth-order valence-electron chi connectivity index (χ4n) is 2.45. The van der Waals surface area contributed by atoms with E-state index in [2.05, 4.69) is 20.5 Å². The largest absolute Gasteiger partial charge is 0.335 e. The summed E-state index contributed by atoms with van der Waals surface area (Å²) in [6.45, 7) is 0. The summed E-state index contributed by atoms with van der Waals surface area (Å²) in [4.78, 5) is 12.5. The number of hydrogen-bond donors (Lipinski definition) is 1. The average molecular weight is 420 g/mol. The third kappa shape index (κ3) is 3.36. The van der Waals surface area contributed by atoms with E-state index in [-0.39, 0.29) is 11.4 Å². The quantitative estimate of drug-likeness (QED) is 0.400. The van der Waals surface area contributed by atoms with Gasteiger partial charge in [-0.1, -0.05) is 52.3 Å². The van der Waals surface area contributed by atoms with Crippen LogP contribution in [0.3, 0.4) is 0 Å². The van der Waals surface area contributed by atoms with Crippen LogP contribution in [-0.4, -0.2) is 29.9 Å². The Balaban J connectivity index is 1.62. The van der Waals surface area contributed by atoms with Crippen molar-refractivity contribution in [1.29, 1.82) is 0 Å². The van der Waals surface area contributed by atoms with E-state index >= 15 is 0 Å². The lowest BCUT2D eigenvalue weighted by Gasteiger charge is -2.06. The van der Waals surface area contributed by atoms with Crippen molar-refractivity contribution in [2.24, 2.45) is 0 Å². The minimum atomic E-state index is -0.241. The van der Waals surface area contributed by atoms with E-state index in [1.54, 1.807) is 42.5 Å². The summed E-state index contributed by atoms with van der Waals surface area (Å²) in [6.07, 6.45) is 0. The van der Waals surface area contributed by atoms with Gasteiger partial charge in [-0.3, -0.25) is 4.79 Å². The predicted molar refractivity (Wildman–Crippen MR) is 105 cm³/mol. The molecule has 0 bridgehead atoms. The maximum Gasteiger partial charge on any atom is 0.278 e. The summed E-state index contributed by atoms with van der Waals surface area (Å²) in [5.74, 6) is 6.63. The Morgan fingerprint density at radius 2 is 1.89 bits per heavy atom. The lowest BCUT2D eigenvalue weighted by molar-refractivity contribution is 0.642. The zero-order chi connectivity index (χ0) is 19.0. The molecule has 0 spiro atoms. The number of nitrogens with two attached hydrogens (primary N) is 1. The Kier molecular flexibility index (Phi) is 4.73. The molecule has 11 heteroatoms. The maximum absolute atomic E-state index is 12.5. The molecule has 27 heavy (non-hydrogen) atoms. The molecule has 0 amide bonds. The van der Waals surface area contributed by atoms with E-state index in [1.807, 2.05) is 0 Å².